The molecule has 1 unspecified atom stereocenters. The summed E-state index contributed by atoms with van der Waals surface area (Å²) in [5.74, 6) is -0.0697. The lowest BCUT2D eigenvalue weighted by molar-refractivity contribution is 0.159. The third-order valence-electron chi connectivity index (χ3n) is 2.05. The van der Waals surface area contributed by atoms with Gasteiger partial charge in [0.05, 0.1) is 11.9 Å². The number of nitrogens with zero attached hydrogens (tertiary/aromatic N) is 1. The molecule has 0 radical (unpaired) electrons. The minimum Gasteiger partial charge on any atom is -0.390 e. The van der Waals surface area contributed by atoms with E-state index in [1.54, 1.807) is 0 Å². The third kappa shape index (κ3) is 3.06. The van der Waals surface area contributed by atoms with Gasteiger partial charge >= 0.3 is 0 Å². The zero-order chi connectivity index (χ0) is 10.6. The molecule has 0 bridgehead atoms. The highest BCUT2D eigenvalue weighted by Crippen LogP contribution is 2.05. The first-order valence-corrected chi connectivity index (χ1v) is 6.14. The maximum absolute atomic E-state index is 11.6. The van der Waals surface area contributed by atoms with Crippen molar-refractivity contribution in [2.75, 3.05) is 31.9 Å². The van der Waals surface area contributed by atoms with Gasteiger partial charge in [0.1, 0.15) is 0 Å². The highest BCUT2D eigenvalue weighted by atomic mass is 32.2. The average molecular weight is 220 g/mol. The second kappa shape index (κ2) is 4.88. The van der Waals surface area contributed by atoms with Gasteiger partial charge in [-0.25, -0.2) is 8.42 Å². The number of β-amino-alcohol motifs (C(OH)–C–C–N with tert-alkyl or cyclic N) is 1. The molecule has 0 aliphatic carbocycles. The van der Waals surface area contributed by atoms with Gasteiger partial charge in [-0.3, -0.25) is 0 Å². The minimum absolute atomic E-state index is 0.0697. The summed E-state index contributed by atoms with van der Waals surface area (Å²) < 4.78 is 24.5. The molecule has 14 heavy (non-hydrogen) atoms. The van der Waals surface area contributed by atoms with E-state index < -0.39 is 16.1 Å². The molecule has 1 fully saturated rings. The molecule has 0 aromatic carbocycles. The molecule has 5 nitrogen and oxygen atoms in total. The highest BCUT2D eigenvalue weighted by molar-refractivity contribution is 7.89. The summed E-state index contributed by atoms with van der Waals surface area (Å²) in [6, 6.07) is 0. The Labute approximate surface area is 84.5 Å². The summed E-state index contributed by atoms with van der Waals surface area (Å²) in [5, 5.41) is 12.4. The first-order chi connectivity index (χ1) is 6.56. The smallest absolute Gasteiger partial charge is 0.217 e. The molecular formula is C8H16N2O3S. The van der Waals surface area contributed by atoms with E-state index in [0.29, 0.717) is 19.6 Å². The number of hydrogen-bond acceptors (Lipinski definition) is 4. The van der Waals surface area contributed by atoms with Gasteiger partial charge in [0.2, 0.25) is 10.0 Å². The fourth-order valence-electron chi connectivity index (χ4n) is 1.37. The van der Waals surface area contributed by atoms with Crippen molar-refractivity contribution in [1.29, 1.82) is 0 Å². The second-order valence-corrected chi connectivity index (χ2v) is 5.30. The maximum Gasteiger partial charge on any atom is 0.217 e. The molecule has 1 aliphatic heterocycles. The number of rotatable bonds is 3. The number of aliphatic hydroxyl groups excluding tert-OH is 1. The SMILES string of the molecule is C=CCS(=O)(=O)N1CCNCC(O)C1. The van der Waals surface area contributed by atoms with Crippen LogP contribution in [0.1, 0.15) is 0 Å². The Morgan fingerprint density at radius 3 is 3.00 bits per heavy atom. The zero-order valence-corrected chi connectivity index (χ0v) is 8.83. The first kappa shape index (κ1) is 11.6. The van der Waals surface area contributed by atoms with Crippen LogP contribution < -0.4 is 5.32 Å². The second-order valence-electron chi connectivity index (χ2n) is 3.28. The molecule has 0 aromatic heterocycles. The fourth-order valence-corrected chi connectivity index (χ4v) is 2.65. The van der Waals surface area contributed by atoms with Crippen LogP contribution in [0.4, 0.5) is 0 Å². The third-order valence-corrected chi connectivity index (χ3v) is 3.83. The van der Waals surface area contributed by atoms with Crippen LogP contribution in [0, 0.1) is 0 Å². The zero-order valence-electron chi connectivity index (χ0n) is 8.02. The van der Waals surface area contributed by atoms with Gasteiger partial charge in [-0.2, -0.15) is 4.31 Å². The molecule has 1 heterocycles. The van der Waals surface area contributed by atoms with Gasteiger partial charge in [0, 0.05) is 26.2 Å². The molecule has 1 aliphatic rings. The van der Waals surface area contributed by atoms with Crippen LogP contribution in [-0.4, -0.2) is 55.9 Å². The lowest BCUT2D eigenvalue weighted by Gasteiger charge is -2.20. The predicted molar refractivity (Wildman–Crippen MR) is 54.4 cm³/mol. The van der Waals surface area contributed by atoms with Crippen molar-refractivity contribution in [3.05, 3.63) is 12.7 Å². The minimum atomic E-state index is -3.27. The van der Waals surface area contributed by atoms with Gasteiger partial charge in [0.15, 0.2) is 0 Å². The van der Waals surface area contributed by atoms with Crippen LogP contribution in [0.15, 0.2) is 12.7 Å². The largest absolute Gasteiger partial charge is 0.390 e. The monoisotopic (exact) mass is 220 g/mol. The molecule has 1 atom stereocenters. The van der Waals surface area contributed by atoms with Crippen LogP contribution in [0.2, 0.25) is 0 Å². The Balaban J connectivity index is 2.70. The van der Waals surface area contributed by atoms with Gasteiger partial charge in [-0.05, 0) is 0 Å². The van der Waals surface area contributed by atoms with Crippen molar-refractivity contribution in [1.82, 2.24) is 9.62 Å². The lowest BCUT2D eigenvalue weighted by Crippen LogP contribution is -2.38. The summed E-state index contributed by atoms with van der Waals surface area (Å²) in [6.45, 7) is 5.00. The summed E-state index contributed by atoms with van der Waals surface area (Å²) >= 11 is 0. The topological polar surface area (TPSA) is 69.6 Å². The summed E-state index contributed by atoms with van der Waals surface area (Å²) in [5.41, 5.74) is 0. The van der Waals surface area contributed by atoms with Crippen molar-refractivity contribution < 1.29 is 13.5 Å². The Morgan fingerprint density at radius 1 is 1.64 bits per heavy atom. The Bertz CT molecular complexity index is 289. The Morgan fingerprint density at radius 2 is 2.36 bits per heavy atom. The number of aliphatic hydroxyl groups is 1. The van der Waals surface area contributed by atoms with Crippen molar-refractivity contribution in [3.8, 4) is 0 Å². The van der Waals surface area contributed by atoms with E-state index >= 15 is 0 Å². The van der Waals surface area contributed by atoms with Gasteiger partial charge in [0.25, 0.3) is 0 Å². The molecule has 1 saturated heterocycles. The van der Waals surface area contributed by atoms with Crippen LogP contribution in [0.3, 0.4) is 0 Å². The van der Waals surface area contributed by atoms with Crippen LogP contribution in [-0.2, 0) is 10.0 Å². The molecular weight excluding hydrogens is 204 g/mol. The molecule has 0 amide bonds. The number of sulfonamides is 1. The van der Waals surface area contributed by atoms with Crippen LogP contribution >= 0.6 is 0 Å². The van der Waals surface area contributed by atoms with E-state index in [1.807, 2.05) is 0 Å². The molecule has 82 valence electrons. The molecule has 2 N–H and O–H groups in total. The summed E-state index contributed by atoms with van der Waals surface area (Å²) in [4.78, 5) is 0. The van der Waals surface area contributed by atoms with Crippen LogP contribution in [0.5, 0.6) is 0 Å². The summed E-state index contributed by atoms with van der Waals surface area (Å²) in [6.07, 6.45) is 0.733. The van der Waals surface area contributed by atoms with Crippen molar-refractivity contribution in [2.45, 2.75) is 6.10 Å². The van der Waals surface area contributed by atoms with E-state index in [1.165, 1.54) is 10.4 Å². The van der Waals surface area contributed by atoms with Gasteiger partial charge in [-0.1, -0.05) is 6.08 Å². The molecule has 0 aromatic rings. The molecule has 0 spiro atoms. The molecule has 0 saturated carbocycles. The summed E-state index contributed by atoms with van der Waals surface area (Å²) in [7, 11) is -3.27. The maximum atomic E-state index is 11.6. The van der Waals surface area contributed by atoms with E-state index in [4.69, 9.17) is 0 Å². The van der Waals surface area contributed by atoms with Crippen molar-refractivity contribution >= 4 is 10.0 Å². The quantitative estimate of drug-likeness (QED) is 0.584. The van der Waals surface area contributed by atoms with E-state index in [2.05, 4.69) is 11.9 Å². The van der Waals surface area contributed by atoms with Gasteiger partial charge in [-0.15, -0.1) is 6.58 Å². The lowest BCUT2D eigenvalue weighted by atomic mass is 10.4. The Hall–Kier alpha value is -0.430. The molecule has 6 heteroatoms. The van der Waals surface area contributed by atoms with Crippen LogP contribution in [0.25, 0.3) is 0 Å². The first-order valence-electron chi connectivity index (χ1n) is 4.54. The number of hydrogen-bond donors (Lipinski definition) is 2. The number of nitrogens with one attached hydrogen (secondary N) is 1. The molecule has 1 rings (SSSR count). The van der Waals surface area contributed by atoms with Crippen molar-refractivity contribution in [2.24, 2.45) is 0 Å². The van der Waals surface area contributed by atoms with Crippen molar-refractivity contribution in [3.63, 3.8) is 0 Å². The van der Waals surface area contributed by atoms with E-state index in [0.717, 1.165) is 0 Å². The highest BCUT2D eigenvalue weighted by Gasteiger charge is 2.24. The predicted octanol–water partition coefficient (Wildman–Crippen LogP) is -1.23. The van der Waals surface area contributed by atoms with E-state index in [9.17, 15) is 13.5 Å². The normalized spacial score (nSPS) is 25.6. The van der Waals surface area contributed by atoms with Gasteiger partial charge < -0.3 is 10.4 Å². The average Bonchev–Trinajstić information content (AvgIpc) is 2.30. The fraction of sp³-hybridized carbons (Fsp3) is 0.750. The Kier molecular flexibility index (Phi) is 4.06. The standard InChI is InChI=1S/C8H16N2O3S/c1-2-5-14(12,13)10-4-3-9-6-8(11)7-10/h2,8-9,11H,1,3-7H2. The van der Waals surface area contributed by atoms with E-state index in [-0.39, 0.29) is 12.3 Å².